The van der Waals surface area contributed by atoms with E-state index in [0.717, 1.165) is 23.2 Å². The van der Waals surface area contributed by atoms with E-state index in [1.54, 1.807) is 12.1 Å². The first-order valence-electron chi connectivity index (χ1n) is 10.4. The van der Waals surface area contributed by atoms with Crippen molar-refractivity contribution in [2.45, 2.75) is 50.5 Å². The number of allylic oxidation sites excluding steroid dienone is 2. The Bertz CT molecular complexity index is 1130. The predicted octanol–water partition coefficient (Wildman–Crippen LogP) is 4.50. The number of hydrogen-bond acceptors (Lipinski definition) is 5. The molecule has 3 unspecified atom stereocenters. The van der Waals surface area contributed by atoms with Crippen LogP contribution in [-0.2, 0) is 14.8 Å². The summed E-state index contributed by atoms with van der Waals surface area (Å²) in [6.07, 6.45) is 5.54. The Hall–Kier alpha value is -2.64. The number of sulfonamides is 1. The molecule has 2 aromatic carbocycles. The summed E-state index contributed by atoms with van der Waals surface area (Å²) >= 11 is 0. The Balaban J connectivity index is 1.57. The molecule has 7 heteroatoms. The van der Waals surface area contributed by atoms with Gasteiger partial charge in [-0.2, -0.15) is 0 Å². The molecule has 0 radical (unpaired) electrons. The highest BCUT2D eigenvalue weighted by Gasteiger charge is 2.38. The molecule has 0 aromatic heterocycles. The molecule has 4 rings (SSSR count). The van der Waals surface area contributed by atoms with Crippen LogP contribution < -0.4 is 15.2 Å². The molecule has 1 aliphatic heterocycles. The largest absolute Gasteiger partial charge is 0.427 e. The van der Waals surface area contributed by atoms with Gasteiger partial charge in [0.1, 0.15) is 5.75 Å². The van der Waals surface area contributed by atoms with Gasteiger partial charge >= 0.3 is 5.97 Å². The maximum Gasteiger partial charge on any atom is 0.311 e. The molecule has 3 atom stereocenters. The molecular formula is C24H28N2O4S. The maximum atomic E-state index is 12.1. The third kappa shape index (κ3) is 4.67. The lowest BCUT2D eigenvalue weighted by Crippen LogP contribution is -2.29. The first-order valence-corrected chi connectivity index (χ1v) is 12.0. The number of fused-ring (bicyclic) bond motifs is 3. The highest BCUT2D eigenvalue weighted by molar-refractivity contribution is 7.89. The number of ether oxygens (including phenoxy) is 1. The fourth-order valence-electron chi connectivity index (χ4n) is 4.42. The summed E-state index contributed by atoms with van der Waals surface area (Å²) in [5.41, 5.74) is 2.83. The predicted molar refractivity (Wildman–Crippen MR) is 120 cm³/mol. The lowest BCUT2D eigenvalue weighted by molar-refractivity contribution is -0.136. The minimum atomic E-state index is -3.75. The van der Waals surface area contributed by atoms with Crippen molar-refractivity contribution in [3.05, 3.63) is 65.7 Å². The van der Waals surface area contributed by atoms with Crippen LogP contribution >= 0.6 is 0 Å². The van der Waals surface area contributed by atoms with Crippen LogP contribution in [0.1, 0.15) is 56.7 Å². The van der Waals surface area contributed by atoms with Gasteiger partial charge in [-0.15, -0.1) is 0 Å². The zero-order valence-corrected chi connectivity index (χ0v) is 18.8. The number of anilines is 1. The van der Waals surface area contributed by atoms with E-state index in [0.29, 0.717) is 12.2 Å². The molecule has 6 nitrogen and oxygen atoms in total. The van der Waals surface area contributed by atoms with Gasteiger partial charge in [-0.1, -0.05) is 45.1 Å². The first kappa shape index (κ1) is 21.6. The third-order valence-electron chi connectivity index (χ3n) is 5.81. The highest BCUT2D eigenvalue weighted by Crippen LogP contribution is 2.50. The number of primary sulfonamides is 1. The summed E-state index contributed by atoms with van der Waals surface area (Å²) in [6.45, 7) is 6.01. The fraction of sp³-hybridized carbons (Fsp3) is 0.375. The van der Waals surface area contributed by atoms with E-state index in [2.05, 4.69) is 17.5 Å². The number of carbonyl (C=O) groups excluding carboxylic acids is 1. The summed E-state index contributed by atoms with van der Waals surface area (Å²) in [5.74, 6) is 0.675. The topological polar surface area (TPSA) is 98.5 Å². The van der Waals surface area contributed by atoms with Gasteiger partial charge in [-0.25, -0.2) is 13.6 Å². The fourth-order valence-corrected chi connectivity index (χ4v) is 4.97. The lowest BCUT2D eigenvalue weighted by atomic mass is 9.77. The Kier molecular flexibility index (Phi) is 5.43. The average Bonchev–Trinajstić information content (AvgIpc) is 3.15. The van der Waals surface area contributed by atoms with Crippen molar-refractivity contribution in [1.82, 2.24) is 0 Å². The van der Waals surface area contributed by atoms with E-state index in [4.69, 9.17) is 9.88 Å². The highest BCUT2D eigenvalue weighted by atomic mass is 32.2. The minimum absolute atomic E-state index is 0.0622. The van der Waals surface area contributed by atoms with Crippen LogP contribution in [0.5, 0.6) is 5.75 Å². The van der Waals surface area contributed by atoms with Gasteiger partial charge < -0.3 is 10.1 Å². The van der Waals surface area contributed by atoms with Crippen molar-refractivity contribution < 1.29 is 17.9 Å². The molecule has 0 amide bonds. The molecule has 3 N–H and O–H groups in total. The van der Waals surface area contributed by atoms with Gasteiger partial charge in [0.05, 0.1) is 17.4 Å². The molecular weight excluding hydrogens is 412 g/mol. The van der Waals surface area contributed by atoms with E-state index >= 15 is 0 Å². The Morgan fingerprint density at radius 1 is 1.16 bits per heavy atom. The second-order valence-electron chi connectivity index (χ2n) is 9.55. The van der Waals surface area contributed by atoms with Crippen molar-refractivity contribution in [2.75, 3.05) is 5.32 Å². The summed E-state index contributed by atoms with van der Waals surface area (Å²) in [4.78, 5) is 12.2. The Morgan fingerprint density at radius 2 is 1.87 bits per heavy atom. The van der Waals surface area contributed by atoms with Gasteiger partial charge in [0.15, 0.2) is 0 Å². The van der Waals surface area contributed by atoms with Crippen LogP contribution in [0.25, 0.3) is 0 Å². The van der Waals surface area contributed by atoms with Crippen LogP contribution in [0.15, 0.2) is 59.5 Å². The number of nitrogens with one attached hydrogen (secondary N) is 1. The molecule has 0 saturated carbocycles. The molecule has 164 valence electrons. The molecule has 0 fully saturated rings. The van der Waals surface area contributed by atoms with Crippen LogP contribution in [0.3, 0.4) is 0 Å². The second-order valence-corrected chi connectivity index (χ2v) is 11.1. The molecule has 31 heavy (non-hydrogen) atoms. The van der Waals surface area contributed by atoms with E-state index < -0.39 is 10.0 Å². The van der Waals surface area contributed by atoms with Gasteiger partial charge in [-0.05, 0) is 59.2 Å². The van der Waals surface area contributed by atoms with Crippen molar-refractivity contribution in [3.8, 4) is 5.75 Å². The Morgan fingerprint density at radius 3 is 2.52 bits per heavy atom. The van der Waals surface area contributed by atoms with E-state index in [9.17, 15) is 13.2 Å². The van der Waals surface area contributed by atoms with Crippen molar-refractivity contribution >= 4 is 21.7 Å². The lowest BCUT2D eigenvalue weighted by Gasteiger charge is -2.37. The molecule has 2 aromatic rings. The molecule has 0 bridgehead atoms. The zero-order chi connectivity index (χ0) is 22.4. The number of carbonyl (C=O) groups is 1. The number of benzene rings is 2. The quantitative estimate of drug-likeness (QED) is 0.414. The standard InChI is InChI=1S/C24H28N2O4S/c1-24(2,3)14-22(27)30-16-9-7-15(8-10-16)23-19-6-4-5-18(19)20-13-17(31(25,28)29)11-12-21(20)26-23/h4-5,7-13,18-19,23,26H,6,14H2,1-3H3,(H2,25,28,29). The first-order chi connectivity index (χ1) is 14.5. The van der Waals surface area contributed by atoms with Gasteiger partial charge in [-0.3, -0.25) is 4.79 Å². The van der Waals surface area contributed by atoms with E-state index in [1.165, 1.54) is 6.07 Å². The smallest absolute Gasteiger partial charge is 0.311 e. The maximum absolute atomic E-state index is 12.1. The number of hydrogen-bond donors (Lipinski definition) is 2. The van der Waals surface area contributed by atoms with Crippen molar-refractivity contribution in [1.29, 1.82) is 0 Å². The van der Waals surface area contributed by atoms with Crippen LogP contribution in [-0.4, -0.2) is 14.4 Å². The van der Waals surface area contributed by atoms with E-state index in [1.807, 2.05) is 45.0 Å². The van der Waals surface area contributed by atoms with Crippen molar-refractivity contribution in [3.63, 3.8) is 0 Å². The molecule has 0 spiro atoms. The van der Waals surface area contributed by atoms with Crippen molar-refractivity contribution in [2.24, 2.45) is 16.5 Å². The summed E-state index contributed by atoms with van der Waals surface area (Å²) < 4.78 is 29.1. The van der Waals surface area contributed by atoms with Crippen LogP contribution in [0, 0.1) is 11.3 Å². The summed E-state index contributed by atoms with van der Waals surface area (Å²) in [7, 11) is -3.75. The zero-order valence-electron chi connectivity index (χ0n) is 18.0. The van der Waals surface area contributed by atoms with E-state index in [-0.39, 0.29) is 34.2 Å². The monoisotopic (exact) mass is 440 g/mol. The SMILES string of the molecule is CC(C)(C)CC(=O)Oc1ccc(C2Nc3ccc(S(N)(=O)=O)cc3C3C=CCC32)cc1. The normalized spacial score (nSPS) is 22.4. The summed E-state index contributed by atoms with van der Waals surface area (Å²) in [5, 5.41) is 8.90. The average molecular weight is 441 g/mol. The molecule has 1 aliphatic carbocycles. The molecule has 1 heterocycles. The van der Waals surface area contributed by atoms with Crippen LogP contribution in [0.2, 0.25) is 0 Å². The van der Waals surface area contributed by atoms with Gasteiger partial charge in [0.25, 0.3) is 0 Å². The number of rotatable bonds is 4. The Labute approximate surface area is 183 Å². The minimum Gasteiger partial charge on any atom is -0.427 e. The van der Waals surface area contributed by atoms with Crippen LogP contribution in [0.4, 0.5) is 5.69 Å². The van der Waals surface area contributed by atoms with Gasteiger partial charge in [0, 0.05) is 11.6 Å². The van der Waals surface area contributed by atoms with Gasteiger partial charge in [0.2, 0.25) is 10.0 Å². The number of nitrogens with two attached hydrogens (primary N) is 1. The second kappa shape index (κ2) is 7.80. The molecule has 0 saturated heterocycles. The number of esters is 1. The summed E-state index contributed by atoms with van der Waals surface area (Å²) in [6, 6.07) is 12.7. The molecule has 2 aliphatic rings. The third-order valence-corrected chi connectivity index (χ3v) is 6.72.